The van der Waals surface area contributed by atoms with Crippen LogP contribution in [-0.4, -0.2) is 25.0 Å². The van der Waals surface area contributed by atoms with E-state index in [2.05, 4.69) is 0 Å². The standard InChI is InChI=1S/C11H21NO2/c1-9(12)4-2-6-11(13)10-5-3-7-14-8-10/h9-10H,2-8,12H2,1H3. The van der Waals surface area contributed by atoms with Crippen LogP contribution in [0.5, 0.6) is 0 Å². The molecule has 0 aromatic rings. The number of carbonyl (C=O) groups excluding carboxylic acids is 1. The number of carbonyl (C=O) groups is 1. The van der Waals surface area contributed by atoms with Crippen LogP contribution in [0, 0.1) is 5.92 Å². The van der Waals surface area contributed by atoms with Gasteiger partial charge in [0.15, 0.2) is 0 Å². The smallest absolute Gasteiger partial charge is 0.138 e. The molecule has 1 saturated heterocycles. The minimum Gasteiger partial charge on any atom is -0.381 e. The summed E-state index contributed by atoms with van der Waals surface area (Å²) in [6.07, 6.45) is 4.59. The van der Waals surface area contributed by atoms with Gasteiger partial charge < -0.3 is 10.5 Å². The number of hydrogen-bond donors (Lipinski definition) is 1. The summed E-state index contributed by atoms with van der Waals surface area (Å²) >= 11 is 0. The van der Waals surface area contributed by atoms with E-state index in [1.54, 1.807) is 0 Å². The first-order valence-corrected chi connectivity index (χ1v) is 5.56. The maximum atomic E-state index is 11.7. The Labute approximate surface area is 86.0 Å². The van der Waals surface area contributed by atoms with Crippen LogP contribution in [0.1, 0.15) is 39.0 Å². The van der Waals surface area contributed by atoms with Gasteiger partial charge in [0.2, 0.25) is 0 Å². The van der Waals surface area contributed by atoms with Gasteiger partial charge in [0.05, 0.1) is 6.61 Å². The minimum absolute atomic E-state index is 0.164. The molecule has 1 rings (SSSR count). The molecule has 0 aliphatic carbocycles. The quantitative estimate of drug-likeness (QED) is 0.730. The van der Waals surface area contributed by atoms with Crippen LogP contribution in [0.2, 0.25) is 0 Å². The number of nitrogens with two attached hydrogens (primary N) is 1. The Balaban J connectivity index is 2.13. The summed E-state index contributed by atoms with van der Waals surface area (Å²) in [5.74, 6) is 0.530. The topological polar surface area (TPSA) is 52.3 Å². The SMILES string of the molecule is CC(N)CCCC(=O)C1CCCOC1. The van der Waals surface area contributed by atoms with Crippen LogP contribution in [0.3, 0.4) is 0 Å². The van der Waals surface area contributed by atoms with Crippen LogP contribution in [-0.2, 0) is 9.53 Å². The lowest BCUT2D eigenvalue weighted by molar-refractivity contribution is -0.126. The second kappa shape index (κ2) is 6.14. The van der Waals surface area contributed by atoms with E-state index < -0.39 is 0 Å². The molecule has 3 heteroatoms. The molecule has 0 bridgehead atoms. The highest BCUT2D eigenvalue weighted by atomic mass is 16.5. The number of ketones is 1. The summed E-state index contributed by atoms with van der Waals surface area (Å²) in [5.41, 5.74) is 5.62. The van der Waals surface area contributed by atoms with Crippen LogP contribution in [0.15, 0.2) is 0 Å². The molecule has 14 heavy (non-hydrogen) atoms. The van der Waals surface area contributed by atoms with Crippen molar-refractivity contribution in [1.82, 2.24) is 0 Å². The largest absolute Gasteiger partial charge is 0.381 e. The van der Waals surface area contributed by atoms with Crippen molar-refractivity contribution in [3.63, 3.8) is 0 Å². The van der Waals surface area contributed by atoms with Gasteiger partial charge in [-0.15, -0.1) is 0 Å². The molecule has 1 aliphatic rings. The Morgan fingerprint density at radius 3 is 3.00 bits per heavy atom. The normalized spacial score (nSPS) is 24.6. The monoisotopic (exact) mass is 199 g/mol. The molecular weight excluding hydrogens is 178 g/mol. The first-order chi connectivity index (χ1) is 6.70. The fourth-order valence-electron chi connectivity index (χ4n) is 1.80. The highest BCUT2D eigenvalue weighted by Gasteiger charge is 2.20. The van der Waals surface area contributed by atoms with Crippen LogP contribution in [0.4, 0.5) is 0 Å². The number of Topliss-reactive ketones (excluding diaryl/α,β-unsaturated/α-hetero) is 1. The van der Waals surface area contributed by atoms with Gasteiger partial charge in [0, 0.05) is 25.0 Å². The summed E-state index contributed by atoms with van der Waals surface area (Å²) < 4.78 is 5.29. The summed E-state index contributed by atoms with van der Waals surface area (Å²) in [7, 11) is 0. The van der Waals surface area contributed by atoms with Crippen LogP contribution >= 0.6 is 0 Å². The lowest BCUT2D eigenvalue weighted by Crippen LogP contribution is -2.25. The summed E-state index contributed by atoms with van der Waals surface area (Å²) in [4.78, 5) is 11.7. The Morgan fingerprint density at radius 1 is 1.64 bits per heavy atom. The molecule has 3 nitrogen and oxygen atoms in total. The van der Waals surface area contributed by atoms with Gasteiger partial charge in [-0.25, -0.2) is 0 Å². The molecule has 2 atom stereocenters. The van der Waals surface area contributed by atoms with E-state index in [-0.39, 0.29) is 12.0 Å². The predicted octanol–water partition coefficient (Wildman–Crippen LogP) is 1.50. The maximum Gasteiger partial charge on any atom is 0.138 e. The average molecular weight is 199 g/mol. The third-order valence-corrected chi connectivity index (χ3v) is 2.70. The van der Waals surface area contributed by atoms with E-state index in [1.807, 2.05) is 6.92 Å². The predicted molar refractivity (Wildman–Crippen MR) is 56.1 cm³/mol. The molecule has 0 aromatic carbocycles. The van der Waals surface area contributed by atoms with E-state index in [0.29, 0.717) is 18.8 Å². The van der Waals surface area contributed by atoms with E-state index in [0.717, 1.165) is 32.3 Å². The van der Waals surface area contributed by atoms with Crippen LogP contribution < -0.4 is 5.73 Å². The molecule has 0 spiro atoms. The first kappa shape index (κ1) is 11.7. The molecule has 0 amide bonds. The van der Waals surface area contributed by atoms with Gasteiger partial charge in [0.25, 0.3) is 0 Å². The molecule has 0 aromatic heterocycles. The van der Waals surface area contributed by atoms with Gasteiger partial charge in [-0.05, 0) is 32.6 Å². The van der Waals surface area contributed by atoms with E-state index >= 15 is 0 Å². The van der Waals surface area contributed by atoms with Gasteiger partial charge in [-0.1, -0.05) is 0 Å². The third-order valence-electron chi connectivity index (χ3n) is 2.70. The van der Waals surface area contributed by atoms with Crippen molar-refractivity contribution in [2.45, 2.75) is 45.1 Å². The molecule has 0 saturated carbocycles. The van der Waals surface area contributed by atoms with Gasteiger partial charge in [0.1, 0.15) is 5.78 Å². The fraction of sp³-hybridized carbons (Fsp3) is 0.909. The second-order valence-corrected chi connectivity index (χ2v) is 4.25. The second-order valence-electron chi connectivity index (χ2n) is 4.25. The number of hydrogen-bond acceptors (Lipinski definition) is 3. The molecule has 0 radical (unpaired) electrons. The Hall–Kier alpha value is -0.410. The molecule has 1 heterocycles. The van der Waals surface area contributed by atoms with Crippen molar-refractivity contribution in [2.75, 3.05) is 13.2 Å². The summed E-state index contributed by atoms with van der Waals surface area (Å²) in [6.45, 7) is 3.44. The zero-order valence-electron chi connectivity index (χ0n) is 9.00. The first-order valence-electron chi connectivity index (χ1n) is 5.56. The van der Waals surface area contributed by atoms with Crippen molar-refractivity contribution in [3.8, 4) is 0 Å². The minimum atomic E-state index is 0.164. The van der Waals surface area contributed by atoms with Crippen molar-refractivity contribution >= 4 is 5.78 Å². The molecular formula is C11H21NO2. The Kier molecular flexibility index (Phi) is 5.12. The van der Waals surface area contributed by atoms with Gasteiger partial charge in [-0.3, -0.25) is 4.79 Å². The van der Waals surface area contributed by atoms with Crippen LogP contribution in [0.25, 0.3) is 0 Å². The number of rotatable bonds is 5. The summed E-state index contributed by atoms with van der Waals surface area (Å²) in [6, 6.07) is 0.213. The Bertz CT molecular complexity index is 174. The van der Waals surface area contributed by atoms with E-state index in [1.165, 1.54) is 0 Å². The lowest BCUT2D eigenvalue weighted by Gasteiger charge is -2.20. The third kappa shape index (κ3) is 4.20. The maximum absolute atomic E-state index is 11.7. The highest BCUT2D eigenvalue weighted by Crippen LogP contribution is 2.17. The van der Waals surface area contributed by atoms with Crippen molar-refractivity contribution in [2.24, 2.45) is 11.7 Å². The molecule has 2 unspecified atom stereocenters. The van der Waals surface area contributed by atoms with E-state index in [9.17, 15) is 4.79 Å². The van der Waals surface area contributed by atoms with Crippen molar-refractivity contribution < 1.29 is 9.53 Å². The molecule has 82 valence electrons. The highest BCUT2D eigenvalue weighted by molar-refractivity contribution is 5.81. The zero-order valence-corrected chi connectivity index (χ0v) is 9.00. The lowest BCUT2D eigenvalue weighted by atomic mass is 9.94. The number of ether oxygens (including phenoxy) is 1. The van der Waals surface area contributed by atoms with Crippen molar-refractivity contribution in [1.29, 1.82) is 0 Å². The average Bonchev–Trinajstić information content (AvgIpc) is 2.18. The molecule has 1 fully saturated rings. The van der Waals surface area contributed by atoms with Gasteiger partial charge in [-0.2, -0.15) is 0 Å². The zero-order chi connectivity index (χ0) is 10.4. The molecule has 2 N–H and O–H groups in total. The van der Waals surface area contributed by atoms with Gasteiger partial charge >= 0.3 is 0 Å². The fourth-order valence-corrected chi connectivity index (χ4v) is 1.80. The Morgan fingerprint density at radius 2 is 2.43 bits per heavy atom. The van der Waals surface area contributed by atoms with Crippen molar-refractivity contribution in [3.05, 3.63) is 0 Å². The molecule has 1 aliphatic heterocycles. The van der Waals surface area contributed by atoms with E-state index in [4.69, 9.17) is 10.5 Å². The summed E-state index contributed by atoms with van der Waals surface area (Å²) in [5, 5.41) is 0.